The van der Waals surface area contributed by atoms with E-state index >= 15 is 0 Å². The van der Waals surface area contributed by atoms with Gasteiger partial charge in [0.1, 0.15) is 6.04 Å². The fourth-order valence-electron chi connectivity index (χ4n) is 0.916. The Morgan fingerprint density at radius 1 is 1.38 bits per heavy atom. The van der Waals surface area contributed by atoms with Gasteiger partial charge in [-0.1, -0.05) is 13.3 Å². The van der Waals surface area contributed by atoms with Crippen LogP contribution in [0.5, 0.6) is 0 Å². The number of hydrogen-bond acceptors (Lipinski definition) is 2. The van der Waals surface area contributed by atoms with Gasteiger partial charge in [-0.05, 0) is 13.3 Å². The van der Waals surface area contributed by atoms with E-state index < -0.39 is 18.0 Å². The molecule has 13 heavy (non-hydrogen) atoms. The lowest BCUT2D eigenvalue weighted by Crippen LogP contribution is -2.45. The van der Waals surface area contributed by atoms with Crippen molar-refractivity contribution < 1.29 is 14.7 Å². The van der Waals surface area contributed by atoms with E-state index in [9.17, 15) is 9.59 Å². The molecule has 0 heterocycles. The van der Waals surface area contributed by atoms with Crippen molar-refractivity contribution in [1.82, 2.24) is 10.6 Å². The van der Waals surface area contributed by atoms with Gasteiger partial charge in [0.2, 0.25) is 0 Å². The number of urea groups is 1. The second kappa shape index (κ2) is 6.28. The van der Waals surface area contributed by atoms with Crippen molar-refractivity contribution in [2.45, 2.75) is 32.7 Å². The fourth-order valence-corrected chi connectivity index (χ4v) is 0.916. The van der Waals surface area contributed by atoms with Crippen LogP contribution in [0.3, 0.4) is 0 Å². The maximum atomic E-state index is 10.9. The lowest BCUT2D eigenvalue weighted by Gasteiger charge is -2.13. The van der Waals surface area contributed by atoms with Gasteiger partial charge in [0.15, 0.2) is 0 Å². The standard InChI is InChI=1S/C8H16N2O3/c1-3-5-6(7(11)12)10-8(13)9-4-2/h6H,3-5H2,1-2H3,(H,11,12)(H2,9,10,13). The van der Waals surface area contributed by atoms with Gasteiger partial charge in [-0.15, -0.1) is 0 Å². The van der Waals surface area contributed by atoms with E-state index in [0.717, 1.165) is 6.42 Å². The first-order valence-corrected chi connectivity index (χ1v) is 4.39. The van der Waals surface area contributed by atoms with Crippen LogP contribution in [0.4, 0.5) is 4.79 Å². The molecule has 0 saturated heterocycles. The van der Waals surface area contributed by atoms with E-state index in [2.05, 4.69) is 10.6 Å². The zero-order valence-electron chi connectivity index (χ0n) is 7.96. The van der Waals surface area contributed by atoms with Crippen LogP contribution in [0, 0.1) is 0 Å². The Hall–Kier alpha value is -1.26. The van der Waals surface area contributed by atoms with Gasteiger partial charge in [0.05, 0.1) is 0 Å². The van der Waals surface area contributed by atoms with E-state index in [-0.39, 0.29) is 0 Å². The van der Waals surface area contributed by atoms with E-state index in [0.29, 0.717) is 13.0 Å². The molecular formula is C8H16N2O3. The number of carboxylic acids is 1. The third-order valence-corrected chi connectivity index (χ3v) is 1.52. The minimum Gasteiger partial charge on any atom is -0.480 e. The van der Waals surface area contributed by atoms with Gasteiger partial charge in [-0.2, -0.15) is 0 Å². The monoisotopic (exact) mass is 188 g/mol. The first kappa shape index (κ1) is 11.7. The molecule has 0 aliphatic heterocycles. The number of carboxylic acid groups (broad SMARTS) is 1. The van der Waals surface area contributed by atoms with Crippen molar-refractivity contribution in [3.8, 4) is 0 Å². The van der Waals surface area contributed by atoms with Crippen molar-refractivity contribution in [2.75, 3.05) is 6.54 Å². The Kier molecular flexibility index (Phi) is 5.67. The average Bonchev–Trinajstić information content (AvgIpc) is 2.04. The molecule has 76 valence electrons. The van der Waals surface area contributed by atoms with Gasteiger partial charge >= 0.3 is 12.0 Å². The Morgan fingerprint density at radius 3 is 2.38 bits per heavy atom. The van der Waals surface area contributed by atoms with Crippen LogP contribution < -0.4 is 10.6 Å². The Labute approximate surface area is 77.5 Å². The summed E-state index contributed by atoms with van der Waals surface area (Å²) in [4.78, 5) is 21.5. The van der Waals surface area contributed by atoms with Gasteiger partial charge in [0, 0.05) is 6.54 Å². The second-order valence-electron chi connectivity index (χ2n) is 2.68. The number of aliphatic carboxylic acids is 1. The number of carbonyl (C=O) groups excluding carboxylic acids is 1. The molecule has 0 aliphatic rings. The van der Waals surface area contributed by atoms with Crippen LogP contribution >= 0.6 is 0 Å². The molecule has 0 aromatic heterocycles. The highest BCUT2D eigenvalue weighted by Gasteiger charge is 2.17. The first-order valence-electron chi connectivity index (χ1n) is 4.39. The van der Waals surface area contributed by atoms with Crippen LogP contribution in [0.1, 0.15) is 26.7 Å². The minimum absolute atomic E-state index is 0.427. The second-order valence-corrected chi connectivity index (χ2v) is 2.68. The van der Waals surface area contributed by atoms with Gasteiger partial charge in [0.25, 0.3) is 0 Å². The Balaban J connectivity index is 3.94. The maximum absolute atomic E-state index is 10.9. The van der Waals surface area contributed by atoms with Crippen LogP contribution in [-0.2, 0) is 4.79 Å². The summed E-state index contributed by atoms with van der Waals surface area (Å²) in [7, 11) is 0. The van der Waals surface area contributed by atoms with Crippen molar-refractivity contribution >= 4 is 12.0 Å². The SMILES string of the molecule is CCCC(NC(=O)NCC)C(=O)O. The summed E-state index contributed by atoms with van der Waals surface area (Å²) in [6.45, 7) is 4.13. The molecule has 0 aliphatic carbocycles. The molecule has 0 saturated carbocycles. The zero-order chi connectivity index (χ0) is 10.3. The molecule has 5 heteroatoms. The van der Waals surface area contributed by atoms with Crippen molar-refractivity contribution in [3.63, 3.8) is 0 Å². The molecule has 0 spiro atoms. The normalized spacial score (nSPS) is 11.8. The number of amides is 2. The summed E-state index contributed by atoms with van der Waals surface area (Å²) in [6.07, 6.45) is 1.18. The third kappa shape index (κ3) is 5.05. The van der Waals surface area contributed by atoms with E-state index in [4.69, 9.17) is 5.11 Å². The highest BCUT2D eigenvalue weighted by atomic mass is 16.4. The number of carbonyl (C=O) groups is 2. The summed E-state index contributed by atoms with van der Waals surface area (Å²) < 4.78 is 0. The predicted molar refractivity (Wildman–Crippen MR) is 48.5 cm³/mol. The summed E-state index contributed by atoms with van der Waals surface area (Å²) in [5.74, 6) is -0.992. The third-order valence-electron chi connectivity index (χ3n) is 1.52. The highest BCUT2D eigenvalue weighted by Crippen LogP contribution is 1.96. The molecule has 0 fully saturated rings. The van der Waals surface area contributed by atoms with E-state index in [1.54, 1.807) is 6.92 Å². The topological polar surface area (TPSA) is 78.4 Å². The molecule has 1 atom stereocenters. The maximum Gasteiger partial charge on any atom is 0.326 e. The number of nitrogens with one attached hydrogen (secondary N) is 2. The zero-order valence-corrected chi connectivity index (χ0v) is 7.96. The molecule has 0 rings (SSSR count). The first-order chi connectivity index (χ1) is 6.11. The quantitative estimate of drug-likeness (QED) is 0.589. The van der Waals surface area contributed by atoms with E-state index in [1.807, 2.05) is 6.92 Å². The van der Waals surface area contributed by atoms with Crippen LogP contribution in [-0.4, -0.2) is 29.7 Å². The smallest absolute Gasteiger partial charge is 0.326 e. The molecule has 2 amide bonds. The molecule has 0 radical (unpaired) electrons. The van der Waals surface area contributed by atoms with Crippen LogP contribution in [0.25, 0.3) is 0 Å². The van der Waals surface area contributed by atoms with Gasteiger partial charge < -0.3 is 15.7 Å². The van der Waals surface area contributed by atoms with Crippen LogP contribution in [0.2, 0.25) is 0 Å². The van der Waals surface area contributed by atoms with Crippen molar-refractivity contribution in [1.29, 1.82) is 0 Å². The summed E-state index contributed by atoms with van der Waals surface area (Å²) in [5.41, 5.74) is 0. The Bertz CT molecular complexity index is 182. The van der Waals surface area contributed by atoms with Gasteiger partial charge in [-0.3, -0.25) is 0 Å². The van der Waals surface area contributed by atoms with Crippen LogP contribution in [0.15, 0.2) is 0 Å². The number of hydrogen-bond donors (Lipinski definition) is 3. The largest absolute Gasteiger partial charge is 0.480 e. The summed E-state index contributed by atoms with van der Waals surface area (Å²) in [5, 5.41) is 13.5. The number of rotatable bonds is 5. The molecule has 0 bridgehead atoms. The molecule has 5 nitrogen and oxygen atoms in total. The molecular weight excluding hydrogens is 172 g/mol. The molecule has 0 aromatic rings. The molecule has 1 unspecified atom stereocenters. The average molecular weight is 188 g/mol. The highest BCUT2D eigenvalue weighted by molar-refractivity contribution is 5.82. The molecule has 0 aromatic carbocycles. The lowest BCUT2D eigenvalue weighted by molar-refractivity contribution is -0.139. The Morgan fingerprint density at radius 2 is 2.00 bits per heavy atom. The fraction of sp³-hybridized carbons (Fsp3) is 0.750. The van der Waals surface area contributed by atoms with Crippen molar-refractivity contribution in [2.24, 2.45) is 0 Å². The van der Waals surface area contributed by atoms with Crippen molar-refractivity contribution in [3.05, 3.63) is 0 Å². The molecule has 3 N–H and O–H groups in total. The lowest BCUT2D eigenvalue weighted by atomic mass is 10.2. The van der Waals surface area contributed by atoms with E-state index in [1.165, 1.54) is 0 Å². The summed E-state index contributed by atoms with van der Waals surface area (Å²) >= 11 is 0. The predicted octanol–water partition coefficient (Wildman–Crippen LogP) is 0.559. The minimum atomic E-state index is -0.992. The summed E-state index contributed by atoms with van der Waals surface area (Å²) in [6, 6.07) is -1.21. The van der Waals surface area contributed by atoms with Gasteiger partial charge in [-0.25, -0.2) is 9.59 Å².